The summed E-state index contributed by atoms with van der Waals surface area (Å²) >= 11 is 0. The largest absolute Gasteiger partial charge is 0.460 e. The summed E-state index contributed by atoms with van der Waals surface area (Å²) < 4.78 is 12.2. The Morgan fingerprint density at radius 3 is 2.84 bits per heavy atom. The zero-order valence-electron chi connectivity index (χ0n) is 11.6. The van der Waals surface area contributed by atoms with Crippen molar-refractivity contribution in [2.45, 2.75) is 27.2 Å². The lowest BCUT2D eigenvalue weighted by molar-refractivity contribution is 0.0490. The van der Waals surface area contributed by atoms with Gasteiger partial charge < -0.3 is 9.15 Å². The summed E-state index contributed by atoms with van der Waals surface area (Å²) in [6.07, 6.45) is 2.60. The molecule has 0 bridgehead atoms. The molecule has 0 amide bonds. The molecule has 19 heavy (non-hydrogen) atoms. The highest BCUT2D eigenvalue weighted by Gasteiger charge is 2.21. The highest BCUT2D eigenvalue weighted by Crippen LogP contribution is 2.25. The highest BCUT2D eigenvalue weighted by molar-refractivity contribution is 5.87. The van der Waals surface area contributed by atoms with E-state index in [1.807, 2.05) is 20.2 Å². The monoisotopic (exact) mass is 263 g/mol. The topological polar surface area (TPSA) is 70.2 Å². The van der Waals surface area contributed by atoms with Crippen molar-refractivity contribution in [2.75, 3.05) is 6.61 Å². The van der Waals surface area contributed by atoms with Gasteiger partial charge in [-0.3, -0.25) is 4.68 Å². The average molecular weight is 263 g/mol. The number of carbonyl (C=O) groups is 1. The fraction of sp³-hybridized carbons (Fsp3) is 0.462. The molecule has 2 aromatic rings. The second-order valence-corrected chi connectivity index (χ2v) is 4.17. The summed E-state index contributed by atoms with van der Waals surface area (Å²) in [6, 6.07) is 0. The van der Waals surface area contributed by atoms with E-state index < -0.39 is 5.97 Å². The SMILES string of the molecule is CCOC(=O)c1oc(-c2cn(C)nc2CC)nc1C. The summed E-state index contributed by atoms with van der Waals surface area (Å²) in [6.45, 7) is 5.79. The molecular formula is C13H17N3O3. The molecule has 102 valence electrons. The van der Waals surface area contributed by atoms with E-state index in [0.29, 0.717) is 18.2 Å². The molecule has 6 heteroatoms. The summed E-state index contributed by atoms with van der Waals surface area (Å²) in [5.41, 5.74) is 2.22. The minimum Gasteiger partial charge on any atom is -0.460 e. The molecule has 0 unspecified atom stereocenters. The van der Waals surface area contributed by atoms with Gasteiger partial charge in [-0.2, -0.15) is 5.10 Å². The zero-order valence-corrected chi connectivity index (χ0v) is 11.6. The van der Waals surface area contributed by atoms with Crippen molar-refractivity contribution in [3.05, 3.63) is 23.3 Å². The first-order valence-electron chi connectivity index (χ1n) is 6.24. The molecule has 0 aliphatic rings. The van der Waals surface area contributed by atoms with Crippen LogP contribution in [-0.2, 0) is 18.2 Å². The predicted octanol–water partition coefficient (Wildman–Crippen LogP) is 2.12. The van der Waals surface area contributed by atoms with Gasteiger partial charge in [0, 0.05) is 13.2 Å². The Morgan fingerprint density at radius 2 is 2.21 bits per heavy atom. The van der Waals surface area contributed by atoms with Crippen molar-refractivity contribution in [3.8, 4) is 11.5 Å². The molecule has 6 nitrogen and oxygen atoms in total. The summed E-state index contributed by atoms with van der Waals surface area (Å²) in [4.78, 5) is 16.0. The molecule has 2 heterocycles. The van der Waals surface area contributed by atoms with E-state index in [1.165, 1.54) is 0 Å². The maximum absolute atomic E-state index is 11.7. The number of aromatic nitrogens is 3. The van der Waals surface area contributed by atoms with Gasteiger partial charge in [0.05, 0.1) is 23.6 Å². The van der Waals surface area contributed by atoms with Crippen LogP contribution in [0.15, 0.2) is 10.6 Å². The first-order chi connectivity index (χ1) is 9.06. The average Bonchev–Trinajstić information content (AvgIpc) is 2.92. The van der Waals surface area contributed by atoms with Gasteiger partial charge in [-0.1, -0.05) is 6.92 Å². The molecule has 0 aliphatic heterocycles. The van der Waals surface area contributed by atoms with Crippen LogP contribution < -0.4 is 0 Å². The fourth-order valence-corrected chi connectivity index (χ4v) is 1.87. The van der Waals surface area contributed by atoms with Crippen LogP contribution in [0, 0.1) is 6.92 Å². The Bertz CT molecular complexity index is 598. The van der Waals surface area contributed by atoms with Crippen LogP contribution in [-0.4, -0.2) is 27.3 Å². The third-order valence-electron chi connectivity index (χ3n) is 2.73. The van der Waals surface area contributed by atoms with Crippen molar-refractivity contribution in [1.29, 1.82) is 0 Å². The molecule has 2 aromatic heterocycles. The molecule has 0 fully saturated rings. The molecule has 0 aliphatic carbocycles. The molecule has 0 radical (unpaired) electrons. The number of hydrogen-bond acceptors (Lipinski definition) is 5. The third kappa shape index (κ3) is 2.52. The van der Waals surface area contributed by atoms with Gasteiger partial charge in [0.15, 0.2) is 0 Å². The summed E-state index contributed by atoms with van der Waals surface area (Å²) in [5, 5.41) is 4.33. The fourth-order valence-electron chi connectivity index (χ4n) is 1.87. The lowest BCUT2D eigenvalue weighted by Gasteiger charge is -1.97. The highest BCUT2D eigenvalue weighted by atomic mass is 16.5. The van der Waals surface area contributed by atoms with Crippen LogP contribution >= 0.6 is 0 Å². The number of hydrogen-bond donors (Lipinski definition) is 0. The van der Waals surface area contributed by atoms with Crippen LogP contribution in [0.2, 0.25) is 0 Å². The molecule has 0 spiro atoms. The van der Waals surface area contributed by atoms with E-state index in [-0.39, 0.29) is 5.76 Å². The van der Waals surface area contributed by atoms with Crippen molar-refractivity contribution in [1.82, 2.24) is 14.8 Å². The maximum atomic E-state index is 11.7. The molecule has 0 N–H and O–H groups in total. The van der Waals surface area contributed by atoms with Gasteiger partial charge >= 0.3 is 5.97 Å². The van der Waals surface area contributed by atoms with Crippen molar-refractivity contribution < 1.29 is 13.9 Å². The van der Waals surface area contributed by atoms with Gasteiger partial charge in [0.2, 0.25) is 11.7 Å². The zero-order chi connectivity index (χ0) is 14.0. The van der Waals surface area contributed by atoms with Gasteiger partial charge in [-0.15, -0.1) is 0 Å². The van der Waals surface area contributed by atoms with Crippen LogP contribution in [0.5, 0.6) is 0 Å². The number of rotatable bonds is 4. The van der Waals surface area contributed by atoms with Crippen LogP contribution in [0.3, 0.4) is 0 Å². The van der Waals surface area contributed by atoms with E-state index in [1.54, 1.807) is 18.5 Å². The van der Waals surface area contributed by atoms with Crippen molar-refractivity contribution in [2.24, 2.45) is 7.05 Å². The summed E-state index contributed by atoms with van der Waals surface area (Å²) in [5.74, 6) is 0.0777. The summed E-state index contributed by atoms with van der Waals surface area (Å²) in [7, 11) is 1.84. The predicted molar refractivity (Wildman–Crippen MR) is 68.8 cm³/mol. The van der Waals surface area contributed by atoms with E-state index in [4.69, 9.17) is 9.15 Å². The molecule has 0 saturated heterocycles. The van der Waals surface area contributed by atoms with Crippen molar-refractivity contribution in [3.63, 3.8) is 0 Å². The molecule has 0 saturated carbocycles. The molecule has 2 rings (SSSR count). The van der Waals surface area contributed by atoms with Crippen LogP contribution in [0.1, 0.15) is 35.8 Å². The van der Waals surface area contributed by atoms with Crippen LogP contribution in [0.4, 0.5) is 0 Å². The number of oxazole rings is 1. The lowest BCUT2D eigenvalue weighted by Crippen LogP contribution is -2.04. The van der Waals surface area contributed by atoms with E-state index in [9.17, 15) is 4.79 Å². The Morgan fingerprint density at radius 1 is 1.47 bits per heavy atom. The Labute approximate surface area is 111 Å². The number of ether oxygens (including phenoxy) is 1. The Hall–Kier alpha value is -2.11. The second kappa shape index (κ2) is 5.26. The lowest BCUT2D eigenvalue weighted by atomic mass is 10.2. The molecular weight excluding hydrogens is 246 g/mol. The first kappa shape index (κ1) is 13.3. The standard InChI is InChI=1S/C13H17N3O3/c1-5-10-9(7-16(4)15-10)12-14-8(3)11(19-12)13(17)18-6-2/h7H,5-6H2,1-4H3. The molecule has 0 aromatic carbocycles. The number of nitrogens with zero attached hydrogens (tertiary/aromatic N) is 3. The van der Waals surface area contributed by atoms with E-state index in [2.05, 4.69) is 10.1 Å². The van der Waals surface area contributed by atoms with Gasteiger partial charge in [-0.25, -0.2) is 9.78 Å². The maximum Gasteiger partial charge on any atom is 0.376 e. The van der Waals surface area contributed by atoms with E-state index in [0.717, 1.165) is 17.7 Å². The minimum atomic E-state index is -0.485. The Kier molecular flexibility index (Phi) is 3.69. The number of aryl methyl sites for hydroxylation is 3. The first-order valence-corrected chi connectivity index (χ1v) is 6.24. The van der Waals surface area contributed by atoms with Gasteiger partial charge in [0.1, 0.15) is 0 Å². The number of carbonyl (C=O) groups excluding carboxylic acids is 1. The van der Waals surface area contributed by atoms with Gasteiger partial charge in [-0.05, 0) is 20.3 Å². The molecule has 0 atom stereocenters. The third-order valence-corrected chi connectivity index (χ3v) is 2.73. The second-order valence-electron chi connectivity index (χ2n) is 4.17. The normalized spacial score (nSPS) is 10.7. The number of esters is 1. The minimum absolute atomic E-state index is 0.155. The van der Waals surface area contributed by atoms with Crippen molar-refractivity contribution >= 4 is 5.97 Å². The van der Waals surface area contributed by atoms with Gasteiger partial charge in [0.25, 0.3) is 0 Å². The van der Waals surface area contributed by atoms with Crippen LogP contribution in [0.25, 0.3) is 11.5 Å². The quantitative estimate of drug-likeness (QED) is 0.790. The van der Waals surface area contributed by atoms with E-state index >= 15 is 0 Å². The Balaban J connectivity index is 2.41. The smallest absolute Gasteiger partial charge is 0.376 e.